The molecule has 1 heterocycles. The standard InChI is InChI=1S/C29H33N3O5/c1-34-22-10-12-23(13-11-22)37-18-6-17-32-25-8-5-4-7-24(25)31-28(32)15-16-30-29(33)20-21-9-14-26(35-2)27(19-21)36-3/h4-5,7-14,19H,6,15-18,20H2,1-3H3,(H,30,33). The molecule has 0 aliphatic carbocycles. The van der Waals surface area contributed by atoms with E-state index in [0.717, 1.165) is 46.9 Å². The third-order valence-electron chi connectivity index (χ3n) is 6.07. The van der Waals surface area contributed by atoms with Gasteiger partial charge in [-0.15, -0.1) is 0 Å². The molecule has 0 atom stereocenters. The van der Waals surface area contributed by atoms with Crippen LogP contribution in [0, 0.1) is 0 Å². The van der Waals surface area contributed by atoms with Crippen LogP contribution in [0.25, 0.3) is 11.0 Å². The van der Waals surface area contributed by atoms with Crippen molar-refractivity contribution in [2.75, 3.05) is 34.5 Å². The van der Waals surface area contributed by atoms with Crippen molar-refractivity contribution in [3.8, 4) is 23.0 Å². The van der Waals surface area contributed by atoms with Crippen LogP contribution in [0.4, 0.5) is 0 Å². The molecular formula is C29H33N3O5. The minimum absolute atomic E-state index is 0.0530. The third-order valence-corrected chi connectivity index (χ3v) is 6.07. The molecule has 0 aliphatic heterocycles. The second kappa shape index (κ2) is 12.7. The highest BCUT2D eigenvalue weighted by Crippen LogP contribution is 2.27. The van der Waals surface area contributed by atoms with E-state index >= 15 is 0 Å². The zero-order valence-corrected chi connectivity index (χ0v) is 21.5. The second-order valence-electron chi connectivity index (χ2n) is 8.51. The number of hydrogen-bond donors (Lipinski definition) is 1. The fraction of sp³-hybridized carbons (Fsp3) is 0.310. The number of nitrogens with one attached hydrogen (secondary N) is 1. The minimum Gasteiger partial charge on any atom is -0.497 e. The summed E-state index contributed by atoms with van der Waals surface area (Å²) in [4.78, 5) is 17.4. The van der Waals surface area contributed by atoms with Crippen molar-refractivity contribution >= 4 is 16.9 Å². The van der Waals surface area contributed by atoms with Gasteiger partial charge in [0, 0.05) is 19.5 Å². The average Bonchev–Trinajstić information content (AvgIpc) is 3.28. The molecular weight excluding hydrogens is 470 g/mol. The van der Waals surface area contributed by atoms with Gasteiger partial charge in [0.1, 0.15) is 17.3 Å². The van der Waals surface area contributed by atoms with Crippen LogP contribution >= 0.6 is 0 Å². The number of aromatic nitrogens is 2. The number of ether oxygens (including phenoxy) is 4. The molecule has 3 aromatic carbocycles. The van der Waals surface area contributed by atoms with Crippen molar-refractivity contribution in [1.82, 2.24) is 14.9 Å². The van der Waals surface area contributed by atoms with Crippen molar-refractivity contribution in [1.29, 1.82) is 0 Å². The van der Waals surface area contributed by atoms with Crippen LogP contribution in [-0.4, -0.2) is 49.9 Å². The highest BCUT2D eigenvalue weighted by Gasteiger charge is 2.12. The fourth-order valence-corrected chi connectivity index (χ4v) is 4.20. The highest BCUT2D eigenvalue weighted by molar-refractivity contribution is 5.79. The van der Waals surface area contributed by atoms with E-state index in [2.05, 4.69) is 16.0 Å². The van der Waals surface area contributed by atoms with E-state index in [1.807, 2.05) is 60.7 Å². The summed E-state index contributed by atoms with van der Waals surface area (Å²) in [5.41, 5.74) is 2.89. The molecule has 1 amide bonds. The van der Waals surface area contributed by atoms with Gasteiger partial charge in [-0.3, -0.25) is 4.79 Å². The number of aryl methyl sites for hydroxylation is 1. The maximum Gasteiger partial charge on any atom is 0.224 e. The first-order chi connectivity index (χ1) is 18.1. The van der Waals surface area contributed by atoms with Crippen molar-refractivity contribution in [3.05, 3.63) is 78.1 Å². The maximum absolute atomic E-state index is 12.6. The topological polar surface area (TPSA) is 83.8 Å². The Hall–Kier alpha value is -4.20. The molecule has 0 spiro atoms. The number of carbonyl (C=O) groups is 1. The van der Waals surface area contributed by atoms with Gasteiger partial charge in [-0.2, -0.15) is 0 Å². The summed E-state index contributed by atoms with van der Waals surface area (Å²) in [7, 11) is 4.82. The van der Waals surface area contributed by atoms with Crippen LogP contribution in [-0.2, 0) is 24.2 Å². The molecule has 1 N–H and O–H groups in total. The van der Waals surface area contributed by atoms with Crippen molar-refractivity contribution in [2.24, 2.45) is 0 Å². The Bertz CT molecular complexity index is 1320. The molecule has 0 bridgehead atoms. The maximum atomic E-state index is 12.6. The number of methoxy groups -OCH3 is 3. The molecule has 4 rings (SSSR count). The molecule has 0 radical (unpaired) electrons. The Balaban J connectivity index is 1.32. The fourth-order valence-electron chi connectivity index (χ4n) is 4.20. The summed E-state index contributed by atoms with van der Waals surface area (Å²) >= 11 is 0. The number of carbonyl (C=O) groups excluding carboxylic acids is 1. The molecule has 0 unspecified atom stereocenters. The SMILES string of the molecule is COc1ccc(OCCCn2c(CCNC(=O)Cc3ccc(OC)c(OC)c3)nc3ccccc32)cc1. The van der Waals surface area contributed by atoms with E-state index in [1.165, 1.54) is 0 Å². The lowest BCUT2D eigenvalue weighted by Gasteiger charge is -2.12. The molecule has 0 aliphatic rings. The van der Waals surface area contributed by atoms with Gasteiger partial charge >= 0.3 is 0 Å². The molecule has 37 heavy (non-hydrogen) atoms. The van der Waals surface area contributed by atoms with Gasteiger partial charge in [0.05, 0.1) is 45.4 Å². The lowest BCUT2D eigenvalue weighted by Crippen LogP contribution is -2.28. The third kappa shape index (κ3) is 6.73. The number of fused-ring (bicyclic) bond motifs is 1. The smallest absolute Gasteiger partial charge is 0.224 e. The summed E-state index contributed by atoms with van der Waals surface area (Å²) in [6.07, 6.45) is 1.72. The Kier molecular flexibility index (Phi) is 8.86. The van der Waals surface area contributed by atoms with E-state index in [4.69, 9.17) is 23.9 Å². The first-order valence-electron chi connectivity index (χ1n) is 12.3. The van der Waals surface area contributed by atoms with Crippen LogP contribution in [0.2, 0.25) is 0 Å². The van der Waals surface area contributed by atoms with Crippen molar-refractivity contribution in [3.63, 3.8) is 0 Å². The summed E-state index contributed by atoms with van der Waals surface area (Å²) in [5.74, 6) is 3.75. The number of benzene rings is 3. The number of nitrogens with zero attached hydrogens (tertiary/aromatic N) is 2. The summed E-state index contributed by atoms with van der Waals surface area (Å²) in [6, 6.07) is 21.2. The molecule has 1 aromatic heterocycles. The highest BCUT2D eigenvalue weighted by atomic mass is 16.5. The lowest BCUT2D eigenvalue weighted by molar-refractivity contribution is -0.120. The van der Waals surface area contributed by atoms with Crippen molar-refractivity contribution < 1.29 is 23.7 Å². The van der Waals surface area contributed by atoms with Crippen LogP contribution < -0.4 is 24.3 Å². The predicted octanol–water partition coefficient (Wildman–Crippen LogP) is 4.43. The van der Waals surface area contributed by atoms with E-state index in [1.54, 1.807) is 21.3 Å². The van der Waals surface area contributed by atoms with Gasteiger partial charge in [-0.25, -0.2) is 4.98 Å². The Labute approximate surface area is 217 Å². The van der Waals surface area contributed by atoms with E-state index in [-0.39, 0.29) is 12.3 Å². The molecule has 0 saturated carbocycles. The first-order valence-corrected chi connectivity index (χ1v) is 12.3. The minimum atomic E-state index is -0.0530. The summed E-state index contributed by atoms with van der Waals surface area (Å²) in [5, 5.41) is 3.02. The second-order valence-corrected chi connectivity index (χ2v) is 8.51. The molecule has 0 fully saturated rings. The monoisotopic (exact) mass is 503 g/mol. The molecule has 4 aromatic rings. The Morgan fingerprint density at radius 2 is 1.65 bits per heavy atom. The van der Waals surface area contributed by atoms with E-state index < -0.39 is 0 Å². The normalized spacial score (nSPS) is 10.8. The van der Waals surface area contributed by atoms with Gasteiger partial charge in [-0.1, -0.05) is 18.2 Å². The first kappa shape index (κ1) is 25.9. The van der Waals surface area contributed by atoms with Crippen LogP contribution in [0.1, 0.15) is 17.8 Å². The number of amides is 1. The van der Waals surface area contributed by atoms with Crippen LogP contribution in [0.3, 0.4) is 0 Å². The van der Waals surface area contributed by atoms with Gasteiger partial charge in [-0.05, 0) is 60.5 Å². The predicted molar refractivity (Wildman–Crippen MR) is 143 cm³/mol. The number of hydrogen-bond acceptors (Lipinski definition) is 6. The molecule has 8 nitrogen and oxygen atoms in total. The summed E-state index contributed by atoms with van der Waals surface area (Å²) < 4.78 is 23.9. The van der Waals surface area contributed by atoms with E-state index in [9.17, 15) is 4.79 Å². The molecule has 8 heteroatoms. The Morgan fingerprint density at radius 1 is 0.892 bits per heavy atom. The zero-order valence-electron chi connectivity index (χ0n) is 21.5. The quantitative estimate of drug-likeness (QED) is 0.272. The van der Waals surface area contributed by atoms with Gasteiger partial charge in [0.15, 0.2) is 11.5 Å². The van der Waals surface area contributed by atoms with Crippen molar-refractivity contribution in [2.45, 2.75) is 25.8 Å². The van der Waals surface area contributed by atoms with Gasteiger partial charge < -0.3 is 28.8 Å². The van der Waals surface area contributed by atoms with Crippen LogP contribution in [0.15, 0.2) is 66.7 Å². The van der Waals surface area contributed by atoms with Crippen LogP contribution in [0.5, 0.6) is 23.0 Å². The number of imidazole rings is 1. The number of rotatable bonds is 13. The summed E-state index contributed by atoms with van der Waals surface area (Å²) in [6.45, 7) is 1.85. The number of para-hydroxylation sites is 2. The van der Waals surface area contributed by atoms with E-state index in [0.29, 0.717) is 31.1 Å². The van der Waals surface area contributed by atoms with Gasteiger partial charge in [0.2, 0.25) is 5.91 Å². The Morgan fingerprint density at radius 3 is 2.41 bits per heavy atom. The zero-order chi connectivity index (χ0) is 26.0. The molecule has 194 valence electrons. The van der Waals surface area contributed by atoms with Gasteiger partial charge in [0.25, 0.3) is 0 Å². The lowest BCUT2D eigenvalue weighted by atomic mass is 10.1. The molecule has 0 saturated heterocycles. The average molecular weight is 504 g/mol. The largest absolute Gasteiger partial charge is 0.497 e.